The summed E-state index contributed by atoms with van der Waals surface area (Å²) in [6.45, 7) is 4.62. The molecule has 0 amide bonds. The number of rotatable bonds is 8. The maximum Gasteiger partial charge on any atom is 0.333 e. The molecule has 0 radical (unpaired) electrons. The van der Waals surface area contributed by atoms with Crippen molar-refractivity contribution in [2.45, 2.75) is 26.8 Å². The molecule has 0 fully saturated rings. The van der Waals surface area contributed by atoms with Crippen LogP contribution in [0.2, 0.25) is 0 Å². The van der Waals surface area contributed by atoms with Crippen LogP contribution in [0.4, 0.5) is 11.5 Å². The van der Waals surface area contributed by atoms with Gasteiger partial charge in [-0.3, -0.25) is 10.1 Å². The fourth-order valence-corrected chi connectivity index (χ4v) is 2.26. The number of sulfonamides is 1. The zero-order valence-corrected chi connectivity index (χ0v) is 12.5. The molecule has 0 unspecified atom stereocenters. The van der Waals surface area contributed by atoms with Crippen molar-refractivity contribution in [3.05, 3.63) is 15.8 Å². The first-order valence-electron chi connectivity index (χ1n) is 6.16. The van der Waals surface area contributed by atoms with Crippen LogP contribution in [-0.4, -0.2) is 42.5 Å². The zero-order valence-electron chi connectivity index (χ0n) is 11.7. The number of hydrogen-bond donors (Lipinski definition) is 2. The number of nitrogens with one attached hydrogen (secondary N) is 2. The quantitative estimate of drug-likeness (QED) is 0.409. The first kappa shape index (κ1) is 16.4. The van der Waals surface area contributed by atoms with E-state index in [4.69, 9.17) is 0 Å². The third-order valence-electron chi connectivity index (χ3n) is 2.59. The van der Waals surface area contributed by atoms with Gasteiger partial charge in [0, 0.05) is 19.6 Å². The maximum atomic E-state index is 11.0. The van der Waals surface area contributed by atoms with E-state index in [0.717, 1.165) is 6.26 Å². The first-order chi connectivity index (χ1) is 9.26. The van der Waals surface area contributed by atoms with Crippen molar-refractivity contribution in [1.82, 2.24) is 14.5 Å². The Morgan fingerprint density at radius 1 is 1.40 bits per heavy atom. The molecule has 10 heteroatoms. The van der Waals surface area contributed by atoms with Gasteiger partial charge in [-0.1, -0.05) is 0 Å². The van der Waals surface area contributed by atoms with Crippen molar-refractivity contribution in [2.75, 3.05) is 24.7 Å². The Hall–Kier alpha value is -1.68. The van der Waals surface area contributed by atoms with Crippen LogP contribution in [0.25, 0.3) is 0 Å². The van der Waals surface area contributed by atoms with E-state index in [9.17, 15) is 18.5 Å². The van der Waals surface area contributed by atoms with Gasteiger partial charge in [0.25, 0.3) is 0 Å². The molecule has 2 N–H and O–H groups in total. The van der Waals surface area contributed by atoms with Crippen molar-refractivity contribution in [2.24, 2.45) is 0 Å². The normalized spacial score (nSPS) is 11.6. The van der Waals surface area contributed by atoms with Crippen molar-refractivity contribution in [1.29, 1.82) is 0 Å². The van der Waals surface area contributed by atoms with E-state index in [0.29, 0.717) is 31.0 Å². The smallest absolute Gasteiger partial charge is 0.333 e. The summed E-state index contributed by atoms with van der Waals surface area (Å²) >= 11 is 0. The Bertz CT molecular complexity index is 581. The molecule has 0 spiro atoms. The van der Waals surface area contributed by atoms with E-state index in [1.165, 1.54) is 4.68 Å². The summed E-state index contributed by atoms with van der Waals surface area (Å²) in [7, 11) is -3.20. The molecular weight excluding hydrogens is 286 g/mol. The Kier molecular flexibility index (Phi) is 5.45. The minimum absolute atomic E-state index is 0.0390. The largest absolute Gasteiger partial charge is 0.364 e. The second-order valence-corrected chi connectivity index (χ2v) is 6.14. The first-order valence-corrected chi connectivity index (χ1v) is 8.05. The summed E-state index contributed by atoms with van der Waals surface area (Å²) in [6, 6.07) is 0. The summed E-state index contributed by atoms with van der Waals surface area (Å²) in [5, 5.41) is 18.0. The van der Waals surface area contributed by atoms with Crippen LogP contribution in [0.1, 0.15) is 19.0 Å². The average Bonchev–Trinajstić information content (AvgIpc) is 2.63. The highest BCUT2D eigenvalue weighted by Crippen LogP contribution is 2.27. The Labute approximate surface area is 117 Å². The lowest BCUT2D eigenvalue weighted by Gasteiger charge is -2.07. The van der Waals surface area contributed by atoms with Crippen molar-refractivity contribution in [3.8, 4) is 0 Å². The minimum atomic E-state index is -3.20. The van der Waals surface area contributed by atoms with Crippen LogP contribution in [0.15, 0.2) is 0 Å². The number of aryl methyl sites for hydroxylation is 2. The number of anilines is 1. The predicted molar refractivity (Wildman–Crippen MR) is 75.2 cm³/mol. The monoisotopic (exact) mass is 305 g/mol. The molecule has 0 aromatic carbocycles. The SMILES string of the molecule is CCn1nc(C)c([N+](=O)[O-])c1NCCCNS(C)(=O)=O. The highest BCUT2D eigenvalue weighted by atomic mass is 32.2. The Morgan fingerprint density at radius 2 is 2.05 bits per heavy atom. The van der Waals surface area contributed by atoms with Crippen molar-refractivity contribution in [3.63, 3.8) is 0 Å². The standard InChI is InChI=1S/C10H19N5O4S/c1-4-14-10(9(15(16)17)8(2)13-14)11-6-5-7-12-20(3,18)19/h11-12H,4-7H2,1-3H3. The van der Waals surface area contributed by atoms with Gasteiger partial charge in [0.05, 0.1) is 11.2 Å². The number of nitro groups is 1. The summed E-state index contributed by atoms with van der Waals surface area (Å²) in [5.74, 6) is 0.356. The predicted octanol–water partition coefficient (Wildman–Crippen LogP) is 0.471. The van der Waals surface area contributed by atoms with Crippen LogP contribution in [-0.2, 0) is 16.6 Å². The molecule has 0 saturated carbocycles. The molecule has 0 aliphatic heterocycles. The molecule has 114 valence electrons. The minimum Gasteiger partial charge on any atom is -0.364 e. The second kappa shape index (κ2) is 6.66. The number of hydrogen-bond acceptors (Lipinski definition) is 6. The van der Waals surface area contributed by atoms with Crippen LogP contribution in [0, 0.1) is 17.0 Å². The molecule has 0 bridgehead atoms. The Morgan fingerprint density at radius 3 is 2.55 bits per heavy atom. The van der Waals surface area contributed by atoms with Gasteiger partial charge in [-0.25, -0.2) is 17.8 Å². The summed E-state index contributed by atoms with van der Waals surface area (Å²) < 4.78 is 25.6. The third-order valence-corrected chi connectivity index (χ3v) is 3.32. The molecule has 0 aliphatic carbocycles. The van der Waals surface area contributed by atoms with Gasteiger partial charge in [0.1, 0.15) is 5.69 Å². The van der Waals surface area contributed by atoms with Gasteiger partial charge in [-0.15, -0.1) is 0 Å². The fourth-order valence-electron chi connectivity index (χ4n) is 1.75. The fraction of sp³-hybridized carbons (Fsp3) is 0.700. The molecule has 9 nitrogen and oxygen atoms in total. The summed E-state index contributed by atoms with van der Waals surface area (Å²) in [6.07, 6.45) is 1.60. The van der Waals surface area contributed by atoms with E-state index in [1.807, 2.05) is 6.92 Å². The van der Waals surface area contributed by atoms with Gasteiger partial charge in [0.15, 0.2) is 0 Å². The van der Waals surface area contributed by atoms with E-state index < -0.39 is 14.9 Å². The van der Waals surface area contributed by atoms with Gasteiger partial charge >= 0.3 is 5.69 Å². The topological polar surface area (TPSA) is 119 Å². The molecule has 1 aromatic rings. The highest BCUT2D eigenvalue weighted by molar-refractivity contribution is 7.88. The van der Waals surface area contributed by atoms with Gasteiger partial charge < -0.3 is 5.32 Å². The van der Waals surface area contributed by atoms with E-state index >= 15 is 0 Å². The van der Waals surface area contributed by atoms with Crippen LogP contribution in [0.3, 0.4) is 0 Å². The molecule has 20 heavy (non-hydrogen) atoms. The molecule has 1 rings (SSSR count). The van der Waals surface area contributed by atoms with Crippen molar-refractivity contribution < 1.29 is 13.3 Å². The van der Waals surface area contributed by atoms with Gasteiger partial charge in [0.2, 0.25) is 15.8 Å². The lowest BCUT2D eigenvalue weighted by atomic mass is 10.3. The molecule has 1 aromatic heterocycles. The average molecular weight is 305 g/mol. The van der Waals surface area contributed by atoms with E-state index in [2.05, 4.69) is 15.1 Å². The Balaban J connectivity index is 2.65. The zero-order chi connectivity index (χ0) is 15.3. The van der Waals surface area contributed by atoms with E-state index in [-0.39, 0.29) is 12.2 Å². The number of nitrogens with zero attached hydrogens (tertiary/aromatic N) is 3. The van der Waals surface area contributed by atoms with E-state index in [1.54, 1.807) is 6.92 Å². The third kappa shape index (κ3) is 4.46. The lowest BCUT2D eigenvalue weighted by Crippen LogP contribution is -2.24. The second-order valence-electron chi connectivity index (χ2n) is 4.30. The van der Waals surface area contributed by atoms with Crippen molar-refractivity contribution >= 4 is 21.5 Å². The maximum absolute atomic E-state index is 11.0. The molecule has 0 saturated heterocycles. The molecule has 1 heterocycles. The highest BCUT2D eigenvalue weighted by Gasteiger charge is 2.24. The van der Waals surface area contributed by atoms with Gasteiger partial charge in [-0.05, 0) is 20.3 Å². The lowest BCUT2D eigenvalue weighted by molar-refractivity contribution is -0.384. The van der Waals surface area contributed by atoms with Crippen LogP contribution >= 0.6 is 0 Å². The molecular formula is C10H19N5O4S. The molecule has 0 aliphatic rings. The van der Waals surface area contributed by atoms with Crippen LogP contribution < -0.4 is 10.0 Å². The number of aromatic nitrogens is 2. The summed E-state index contributed by atoms with van der Waals surface area (Å²) in [4.78, 5) is 10.5. The summed E-state index contributed by atoms with van der Waals surface area (Å²) in [5.41, 5.74) is 0.316. The van der Waals surface area contributed by atoms with Gasteiger partial charge in [-0.2, -0.15) is 5.10 Å². The molecule has 0 atom stereocenters. The van der Waals surface area contributed by atoms with Crippen LogP contribution in [0.5, 0.6) is 0 Å².